The van der Waals surface area contributed by atoms with E-state index in [0.717, 1.165) is 24.4 Å². The molecule has 0 saturated carbocycles. The zero-order chi connectivity index (χ0) is 13.2. The van der Waals surface area contributed by atoms with Crippen LogP contribution in [0.1, 0.15) is 50.6 Å². The van der Waals surface area contributed by atoms with Crippen molar-refractivity contribution in [1.82, 2.24) is 9.55 Å². The molecule has 0 aliphatic carbocycles. The monoisotopic (exact) mass is 268 g/mol. The minimum atomic E-state index is 0.0660. The van der Waals surface area contributed by atoms with Crippen LogP contribution in [0, 0.1) is 6.92 Å². The second-order valence-corrected chi connectivity index (χ2v) is 5.21. The molecular weight excluding hydrogens is 244 g/mol. The lowest BCUT2D eigenvalue weighted by Crippen LogP contribution is -2.19. The quantitative estimate of drug-likeness (QED) is 0.551. The Hall–Kier alpha value is -0.770. The van der Waals surface area contributed by atoms with Crippen molar-refractivity contribution >= 4 is 12.6 Å². The van der Waals surface area contributed by atoms with Gasteiger partial charge in [-0.15, -0.1) is 0 Å². The van der Waals surface area contributed by atoms with Crippen molar-refractivity contribution in [3.8, 4) is 0 Å². The molecule has 1 aromatic heterocycles. The molecule has 0 aromatic carbocycles. The first-order valence-corrected chi connectivity index (χ1v) is 7.51. The molecule has 18 heavy (non-hydrogen) atoms. The van der Waals surface area contributed by atoms with Crippen LogP contribution in [0.15, 0.2) is 17.2 Å². The number of aromatic nitrogens is 2. The number of aryl methyl sites for hydroxylation is 2. The van der Waals surface area contributed by atoms with E-state index in [-0.39, 0.29) is 5.56 Å². The van der Waals surface area contributed by atoms with Crippen molar-refractivity contribution in [2.75, 3.05) is 5.75 Å². The fourth-order valence-corrected chi connectivity index (χ4v) is 2.19. The molecule has 1 rings (SSSR count). The number of rotatable bonds is 9. The maximum atomic E-state index is 11.6. The van der Waals surface area contributed by atoms with Gasteiger partial charge in [-0.05, 0) is 25.5 Å². The summed E-state index contributed by atoms with van der Waals surface area (Å²) in [5.74, 6) is 1.00. The Morgan fingerprint density at radius 3 is 2.33 bits per heavy atom. The van der Waals surface area contributed by atoms with Crippen molar-refractivity contribution in [3.05, 3.63) is 28.4 Å². The van der Waals surface area contributed by atoms with Crippen LogP contribution in [0.5, 0.6) is 0 Å². The van der Waals surface area contributed by atoms with E-state index in [4.69, 9.17) is 0 Å². The molecular formula is C14H24N2OS. The molecule has 0 aliphatic rings. The van der Waals surface area contributed by atoms with E-state index in [1.54, 1.807) is 17.0 Å². The predicted molar refractivity (Wildman–Crippen MR) is 79.4 cm³/mol. The number of unbranched alkanes of at least 4 members (excludes halogenated alkanes) is 6. The lowest BCUT2D eigenvalue weighted by atomic mass is 10.1. The molecule has 0 N–H and O–H groups in total. The van der Waals surface area contributed by atoms with Gasteiger partial charge in [0.1, 0.15) is 0 Å². The van der Waals surface area contributed by atoms with Gasteiger partial charge in [0.05, 0.1) is 6.33 Å². The fourth-order valence-electron chi connectivity index (χ4n) is 1.96. The van der Waals surface area contributed by atoms with Crippen LogP contribution in [0.4, 0.5) is 0 Å². The summed E-state index contributed by atoms with van der Waals surface area (Å²) >= 11 is 4.20. The summed E-state index contributed by atoms with van der Waals surface area (Å²) in [4.78, 5) is 15.7. The van der Waals surface area contributed by atoms with Crippen molar-refractivity contribution in [3.63, 3.8) is 0 Å². The highest BCUT2D eigenvalue weighted by molar-refractivity contribution is 7.80. The third-order valence-corrected chi connectivity index (χ3v) is 3.39. The molecule has 0 amide bonds. The molecule has 0 spiro atoms. The van der Waals surface area contributed by atoms with Gasteiger partial charge >= 0.3 is 0 Å². The Kier molecular flexibility index (Phi) is 7.81. The van der Waals surface area contributed by atoms with Crippen molar-refractivity contribution in [1.29, 1.82) is 0 Å². The predicted octanol–water partition coefficient (Wildman–Crippen LogP) is 3.21. The minimum absolute atomic E-state index is 0.0660. The van der Waals surface area contributed by atoms with Crippen LogP contribution in [-0.4, -0.2) is 15.3 Å². The van der Waals surface area contributed by atoms with Crippen molar-refractivity contribution in [2.45, 2.75) is 58.4 Å². The molecule has 0 aliphatic heterocycles. The molecule has 102 valence electrons. The highest BCUT2D eigenvalue weighted by Crippen LogP contribution is 2.08. The van der Waals surface area contributed by atoms with E-state index in [1.165, 1.54) is 38.5 Å². The third kappa shape index (κ3) is 6.24. The minimum Gasteiger partial charge on any atom is -0.299 e. The molecule has 4 heteroatoms. The Bertz CT molecular complexity index is 390. The Balaban J connectivity index is 2.09. The zero-order valence-corrected chi connectivity index (χ0v) is 12.2. The van der Waals surface area contributed by atoms with Gasteiger partial charge in [-0.2, -0.15) is 12.6 Å². The number of nitrogens with zero attached hydrogens (tertiary/aromatic N) is 2. The van der Waals surface area contributed by atoms with Gasteiger partial charge in [-0.1, -0.05) is 32.1 Å². The first-order valence-electron chi connectivity index (χ1n) is 6.88. The van der Waals surface area contributed by atoms with Crippen LogP contribution in [-0.2, 0) is 6.54 Å². The zero-order valence-electron chi connectivity index (χ0n) is 11.3. The van der Waals surface area contributed by atoms with Gasteiger partial charge in [0, 0.05) is 18.3 Å². The number of hydrogen-bond donors (Lipinski definition) is 1. The van der Waals surface area contributed by atoms with Gasteiger partial charge in [0.25, 0.3) is 5.56 Å². The lowest BCUT2D eigenvalue weighted by Gasteiger charge is -2.05. The molecule has 0 atom stereocenters. The summed E-state index contributed by atoms with van der Waals surface area (Å²) in [6.07, 6.45) is 10.3. The summed E-state index contributed by atoms with van der Waals surface area (Å²) in [6.45, 7) is 2.64. The summed E-state index contributed by atoms with van der Waals surface area (Å²) in [5.41, 5.74) is 0.858. The standard InChI is InChI=1S/C14H24N2OS/c1-13-11-14(17)16(12-15-13)9-7-5-3-2-4-6-8-10-18/h11-12,18H,2-10H2,1H3. The maximum absolute atomic E-state index is 11.6. The smallest absolute Gasteiger partial charge is 0.253 e. The Morgan fingerprint density at radius 1 is 1.11 bits per heavy atom. The summed E-state index contributed by atoms with van der Waals surface area (Å²) in [6, 6.07) is 1.59. The van der Waals surface area contributed by atoms with Crippen molar-refractivity contribution < 1.29 is 0 Å². The average Bonchev–Trinajstić information content (AvgIpc) is 2.35. The molecule has 0 saturated heterocycles. The maximum Gasteiger partial charge on any atom is 0.253 e. The second-order valence-electron chi connectivity index (χ2n) is 4.76. The van der Waals surface area contributed by atoms with Gasteiger partial charge in [0.15, 0.2) is 0 Å². The molecule has 1 aromatic rings. The molecule has 0 radical (unpaired) electrons. The summed E-state index contributed by atoms with van der Waals surface area (Å²) < 4.78 is 1.70. The van der Waals surface area contributed by atoms with E-state index in [9.17, 15) is 4.79 Å². The average molecular weight is 268 g/mol. The topological polar surface area (TPSA) is 34.9 Å². The summed E-state index contributed by atoms with van der Waals surface area (Å²) in [5, 5.41) is 0. The largest absolute Gasteiger partial charge is 0.299 e. The number of thiol groups is 1. The first-order chi connectivity index (χ1) is 8.74. The van der Waals surface area contributed by atoms with Gasteiger partial charge in [-0.25, -0.2) is 4.98 Å². The van der Waals surface area contributed by atoms with E-state index in [1.807, 2.05) is 6.92 Å². The van der Waals surface area contributed by atoms with E-state index in [2.05, 4.69) is 17.6 Å². The van der Waals surface area contributed by atoms with Crippen molar-refractivity contribution in [2.24, 2.45) is 0 Å². The second kappa shape index (κ2) is 9.20. The molecule has 0 fully saturated rings. The number of hydrogen-bond acceptors (Lipinski definition) is 3. The van der Waals surface area contributed by atoms with Crippen LogP contribution in [0.2, 0.25) is 0 Å². The lowest BCUT2D eigenvalue weighted by molar-refractivity contribution is 0.539. The third-order valence-electron chi connectivity index (χ3n) is 3.07. The highest BCUT2D eigenvalue weighted by Gasteiger charge is 1.97. The highest BCUT2D eigenvalue weighted by atomic mass is 32.1. The van der Waals surface area contributed by atoms with Crippen LogP contribution < -0.4 is 5.56 Å². The van der Waals surface area contributed by atoms with E-state index >= 15 is 0 Å². The summed E-state index contributed by atoms with van der Waals surface area (Å²) in [7, 11) is 0. The first kappa shape index (κ1) is 15.3. The van der Waals surface area contributed by atoms with Gasteiger partial charge in [0.2, 0.25) is 0 Å². The molecule has 0 unspecified atom stereocenters. The van der Waals surface area contributed by atoms with Gasteiger partial charge < -0.3 is 0 Å². The van der Waals surface area contributed by atoms with E-state index < -0.39 is 0 Å². The molecule has 3 nitrogen and oxygen atoms in total. The fraction of sp³-hybridized carbons (Fsp3) is 0.714. The van der Waals surface area contributed by atoms with Gasteiger partial charge in [-0.3, -0.25) is 9.36 Å². The SMILES string of the molecule is Cc1cc(=O)n(CCCCCCCCCS)cn1. The molecule has 1 heterocycles. The van der Waals surface area contributed by atoms with Crippen LogP contribution >= 0.6 is 12.6 Å². The van der Waals surface area contributed by atoms with E-state index in [0.29, 0.717) is 0 Å². The molecule has 0 bridgehead atoms. The Morgan fingerprint density at radius 2 is 1.72 bits per heavy atom. The van der Waals surface area contributed by atoms with Crippen LogP contribution in [0.25, 0.3) is 0 Å². The van der Waals surface area contributed by atoms with Crippen LogP contribution in [0.3, 0.4) is 0 Å². The normalized spacial score (nSPS) is 10.8. The Labute approximate surface area is 115 Å².